The van der Waals surface area contributed by atoms with Crippen LogP contribution in [0.25, 0.3) is 0 Å². The molecule has 0 saturated carbocycles. The number of piperidine rings is 1. The van der Waals surface area contributed by atoms with Crippen LogP contribution in [0.15, 0.2) is 30.3 Å². The number of hydrogen-bond acceptors (Lipinski definition) is 4. The average Bonchev–Trinajstić information content (AvgIpc) is 3.00. The molecule has 5 nitrogen and oxygen atoms in total. The molecule has 1 fully saturated rings. The summed E-state index contributed by atoms with van der Waals surface area (Å²) in [5.41, 5.74) is 1.93. The molecule has 1 aliphatic heterocycles. The number of rotatable bonds is 5. The van der Waals surface area contributed by atoms with Gasteiger partial charge in [-0.15, -0.1) is 11.3 Å². The molecule has 144 valence electrons. The van der Waals surface area contributed by atoms with E-state index >= 15 is 0 Å². The molecule has 1 N–H and O–H groups in total. The van der Waals surface area contributed by atoms with Crippen LogP contribution in [0.3, 0.4) is 0 Å². The van der Waals surface area contributed by atoms with Crippen molar-refractivity contribution >= 4 is 23.2 Å². The van der Waals surface area contributed by atoms with Gasteiger partial charge in [-0.1, -0.05) is 30.3 Å². The monoisotopic (exact) mass is 385 g/mol. The lowest BCUT2D eigenvalue weighted by Crippen LogP contribution is -2.39. The first-order valence-corrected chi connectivity index (χ1v) is 10.3. The van der Waals surface area contributed by atoms with Gasteiger partial charge in [0, 0.05) is 19.5 Å². The molecule has 1 aromatic carbocycles. The van der Waals surface area contributed by atoms with Gasteiger partial charge < -0.3 is 10.2 Å². The van der Waals surface area contributed by atoms with Crippen LogP contribution in [-0.2, 0) is 4.79 Å². The molecule has 1 unspecified atom stereocenters. The largest absolute Gasteiger partial charge is 0.350 e. The third-order valence-electron chi connectivity index (χ3n) is 5.15. The Balaban J connectivity index is 1.47. The first-order chi connectivity index (χ1) is 12.9. The van der Waals surface area contributed by atoms with E-state index in [0.717, 1.165) is 34.0 Å². The van der Waals surface area contributed by atoms with Gasteiger partial charge in [0.2, 0.25) is 5.91 Å². The maximum atomic E-state index is 12.7. The second kappa shape index (κ2) is 8.65. The maximum absolute atomic E-state index is 12.7. The summed E-state index contributed by atoms with van der Waals surface area (Å²) in [5.74, 6) is 0.505. The van der Waals surface area contributed by atoms with Gasteiger partial charge in [-0.2, -0.15) is 0 Å². The van der Waals surface area contributed by atoms with Crippen LogP contribution in [0, 0.1) is 19.8 Å². The Bertz CT molecular complexity index is 795. The van der Waals surface area contributed by atoms with E-state index in [9.17, 15) is 9.59 Å². The van der Waals surface area contributed by atoms with Gasteiger partial charge in [0.15, 0.2) is 0 Å². The number of aromatic nitrogens is 1. The fourth-order valence-electron chi connectivity index (χ4n) is 3.60. The smallest absolute Gasteiger partial charge is 0.265 e. The van der Waals surface area contributed by atoms with E-state index in [4.69, 9.17) is 0 Å². The summed E-state index contributed by atoms with van der Waals surface area (Å²) >= 11 is 1.47. The Labute approximate surface area is 164 Å². The normalized spacial score (nSPS) is 16.2. The van der Waals surface area contributed by atoms with Crippen molar-refractivity contribution in [2.75, 3.05) is 13.1 Å². The lowest BCUT2D eigenvalue weighted by atomic mass is 9.93. The quantitative estimate of drug-likeness (QED) is 0.850. The summed E-state index contributed by atoms with van der Waals surface area (Å²) in [6.07, 6.45) is 2.27. The number of thiazole rings is 1. The molecule has 1 saturated heterocycles. The van der Waals surface area contributed by atoms with E-state index in [1.807, 2.05) is 56.0 Å². The molecule has 0 spiro atoms. The summed E-state index contributed by atoms with van der Waals surface area (Å²) in [6.45, 7) is 7.24. The molecule has 0 bridgehead atoms. The predicted molar refractivity (Wildman–Crippen MR) is 108 cm³/mol. The topological polar surface area (TPSA) is 62.3 Å². The highest BCUT2D eigenvalue weighted by molar-refractivity contribution is 7.13. The molecule has 2 amide bonds. The van der Waals surface area contributed by atoms with Crippen molar-refractivity contribution in [3.63, 3.8) is 0 Å². The lowest BCUT2D eigenvalue weighted by Gasteiger charge is -2.31. The molecule has 1 aromatic heterocycles. The van der Waals surface area contributed by atoms with Crippen LogP contribution < -0.4 is 5.32 Å². The van der Waals surface area contributed by atoms with Gasteiger partial charge in [-0.05, 0) is 45.1 Å². The van der Waals surface area contributed by atoms with Crippen molar-refractivity contribution in [1.29, 1.82) is 0 Å². The van der Waals surface area contributed by atoms with E-state index in [1.54, 1.807) is 0 Å². The predicted octanol–water partition coefficient (Wildman–Crippen LogP) is 3.88. The number of carbonyl (C=O) groups is 2. The highest BCUT2D eigenvalue weighted by Crippen LogP contribution is 2.25. The molecule has 0 aliphatic carbocycles. The van der Waals surface area contributed by atoms with E-state index in [-0.39, 0.29) is 17.9 Å². The zero-order chi connectivity index (χ0) is 19.4. The lowest BCUT2D eigenvalue weighted by molar-refractivity contribution is -0.122. The van der Waals surface area contributed by atoms with Gasteiger partial charge in [0.1, 0.15) is 4.88 Å². The minimum atomic E-state index is 0.0120. The van der Waals surface area contributed by atoms with Crippen LogP contribution in [0.2, 0.25) is 0 Å². The standard InChI is InChI=1S/C21H27N3O2S/c1-14(18-7-5-4-6-8-18)23-19(25)13-17-9-11-24(12-10-17)21(26)20-15(2)22-16(3)27-20/h4-8,14,17H,9-13H2,1-3H3,(H,23,25). The van der Waals surface area contributed by atoms with Crippen LogP contribution in [0.1, 0.15) is 58.2 Å². The summed E-state index contributed by atoms with van der Waals surface area (Å²) in [6, 6.07) is 10.0. The Hall–Kier alpha value is -2.21. The molecule has 27 heavy (non-hydrogen) atoms. The number of likely N-dealkylation sites (tertiary alicyclic amines) is 1. The summed E-state index contributed by atoms with van der Waals surface area (Å²) in [4.78, 5) is 32.1. The molecule has 3 rings (SSSR count). The zero-order valence-corrected chi connectivity index (χ0v) is 17.0. The minimum Gasteiger partial charge on any atom is -0.350 e. The molecule has 2 aromatic rings. The zero-order valence-electron chi connectivity index (χ0n) is 16.2. The molecule has 1 aliphatic rings. The molecule has 6 heteroatoms. The Morgan fingerprint density at radius 3 is 2.48 bits per heavy atom. The Kier molecular flexibility index (Phi) is 6.26. The first-order valence-electron chi connectivity index (χ1n) is 9.51. The first kappa shape index (κ1) is 19.5. The van der Waals surface area contributed by atoms with Crippen LogP contribution in [-0.4, -0.2) is 34.8 Å². The second-order valence-corrected chi connectivity index (χ2v) is 8.49. The number of hydrogen-bond donors (Lipinski definition) is 1. The van der Waals surface area contributed by atoms with Crippen molar-refractivity contribution in [2.24, 2.45) is 5.92 Å². The third-order valence-corrected chi connectivity index (χ3v) is 6.21. The van der Waals surface area contributed by atoms with Crippen LogP contribution >= 0.6 is 11.3 Å². The molecule has 0 radical (unpaired) electrons. The van der Waals surface area contributed by atoms with Gasteiger partial charge >= 0.3 is 0 Å². The van der Waals surface area contributed by atoms with E-state index in [0.29, 0.717) is 25.4 Å². The van der Waals surface area contributed by atoms with Gasteiger partial charge in [0.25, 0.3) is 5.91 Å². The summed E-state index contributed by atoms with van der Waals surface area (Å²) in [5, 5.41) is 4.01. The van der Waals surface area contributed by atoms with Crippen molar-refractivity contribution in [2.45, 2.75) is 46.1 Å². The fraction of sp³-hybridized carbons (Fsp3) is 0.476. The number of carbonyl (C=O) groups excluding carboxylic acids is 2. The SMILES string of the molecule is Cc1nc(C)c(C(=O)N2CCC(CC(=O)NC(C)c3ccccc3)CC2)s1. The van der Waals surface area contributed by atoms with Crippen molar-refractivity contribution in [3.8, 4) is 0 Å². The van der Waals surface area contributed by atoms with Crippen molar-refractivity contribution < 1.29 is 9.59 Å². The van der Waals surface area contributed by atoms with Crippen molar-refractivity contribution in [3.05, 3.63) is 51.5 Å². The highest BCUT2D eigenvalue weighted by Gasteiger charge is 2.27. The number of benzene rings is 1. The number of nitrogens with zero attached hydrogens (tertiary/aromatic N) is 2. The molecule has 1 atom stereocenters. The molecular weight excluding hydrogens is 358 g/mol. The third kappa shape index (κ3) is 4.95. The van der Waals surface area contributed by atoms with Gasteiger partial charge in [0.05, 0.1) is 16.7 Å². The maximum Gasteiger partial charge on any atom is 0.265 e. The number of amides is 2. The molecular formula is C21H27N3O2S. The molecule has 2 heterocycles. The highest BCUT2D eigenvalue weighted by atomic mass is 32.1. The summed E-state index contributed by atoms with van der Waals surface area (Å²) in [7, 11) is 0. The van der Waals surface area contributed by atoms with Crippen LogP contribution in [0.5, 0.6) is 0 Å². The Morgan fingerprint density at radius 1 is 1.22 bits per heavy atom. The van der Waals surface area contributed by atoms with Crippen LogP contribution in [0.4, 0.5) is 0 Å². The van der Waals surface area contributed by atoms with E-state index in [1.165, 1.54) is 11.3 Å². The second-order valence-electron chi connectivity index (χ2n) is 7.29. The van der Waals surface area contributed by atoms with Gasteiger partial charge in [-0.25, -0.2) is 4.98 Å². The van der Waals surface area contributed by atoms with E-state index in [2.05, 4.69) is 10.3 Å². The average molecular weight is 386 g/mol. The Morgan fingerprint density at radius 2 is 1.89 bits per heavy atom. The van der Waals surface area contributed by atoms with Crippen molar-refractivity contribution in [1.82, 2.24) is 15.2 Å². The van der Waals surface area contributed by atoms with Gasteiger partial charge in [-0.3, -0.25) is 9.59 Å². The number of nitrogens with one attached hydrogen (secondary N) is 1. The number of aryl methyl sites for hydroxylation is 2. The summed E-state index contributed by atoms with van der Waals surface area (Å²) < 4.78 is 0. The minimum absolute atomic E-state index is 0.0120. The fourth-order valence-corrected chi connectivity index (χ4v) is 4.49. The van der Waals surface area contributed by atoms with E-state index < -0.39 is 0 Å².